The molecule has 0 aliphatic heterocycles. The molecule has 2 aromatic heterocycles. The molecule has 122 valence electrons. The van der Waals surface area contributed by atoms with Crippen molar-refractivity contribution in [3.8, 4) is 0 Å². The van der Waals surface area contributed by atoms with Gasteiger partial charge in [0.15, 0.2) is 0 Å². The molecule has 1 unspecified atom stereocenters. The lowest BCUT2D eigenvalue weighted by Gasteiger charge is -2.19. The third-order valence-electron chi connectivity index (χ3n) is 4.22. The van der Waals surface area contributed by atoms with Crippen molar-refractivity contribution in [2.45, 2.75) is 6.04 Å². The van der Waals surface area contributed by atoms with E-state index in [4.69, 9.17) is 0 Å². The standard InChI is InChI=1S/C21H17N3O/c25-21(19-14-17-8-4-5-9-18(17)23-19)24-20(15-6-2-1-3-7-15)16-10-12-22-13-11-16/h1-14,20,23H,(H,24,25). The Morgan fingerprint density at radius 1 is 0.880 bits per heavy atom. The van der Waals surface area contributed by atoms with E-state index in [1.165, 1.54) is 0 Å². The molecular weight excluding hydrogens is 310 g/mol. The summed E-state index contributed by atoms with van der Waals surface area (Å²) in [5, 5.41) is 4.15. The van der Waals surface area contributed by atoms with Gasteiger partial charge in [-0.2, -0.15) is 0 Å². The molecule has 0 bridgehead atoms. The van der Waals surface area contributed by atoms with E-state index in [-0.39, 0.29) is 11.9 Å². The Kier molecular flexibility index (Phi) is 4.01. The predicted octanol–water partition coefficient (Wildman–Crippen LogP) is 4.08. The summed E-state index contributed by atoms with van der Waals surface area (Å²) < 4.78 is 0. The fourth-order valence-electron chi connectivity index (χ4n) is 2.97. The predicted molar refractivity (Wildman–Crippen MR) is 98.3 cm³/mol. The molecule has 2 aromatic carbocycles. The third kappa shape index (κ3) is 3.15. The molecule has 0 radical (unpaired) electrons. The van der Waals surface area contributed by atoms with Crippen molar-refractivity contribution in [1.29, 1.82) is 0 Å². The minimum absolute atomic E-state index is 0.137. The molecule has 4 heteroatoms. The second-order valence-corrected chi connectivity index (χ2v) is 5.87. The lowest BCUT2D eigenvalue weighted by Crippen LogP contribution is -2.29. The smallest absolute Gasteiger partial charge is 0.268 e. The summed E-state index contributed by atoms with van der Waals surface area (Å²) in [7, 11) is 0. The highest BCUT2D eigenvalue weighted by atomic mass is 16.1. The van der Waals surface area contributed by atoms with E-state index in [0.717, 1.165) is 22.0 Å². The number of pyridine rings is 1. The molecule has 2 heterocycles. The Bertz CT molecular complexity index is 921. The average Bonchev–Trinajstić information content (AvgIpc) is 3.12. The topological polar surface area (TPSA) is 57.8 Å². The van der Waals surface area contributed by atoms with Crippen LogP contribution in [0, 0.1) is 0 Å². The van der Waals surface area contributed by atoms with Crippen LogP contribution in [0.25, 0.3) is 10.9 Å². The van der Waals surface area contributed by atoms with Crippen LogP contribution in [0.2, 0.25) is 0 Å². The van der Waals surface area contributed by atoms with Crippen LogP contribution < -0.4 is 5.32 Å². The summed E-state index contributed by atoms with van der Waals surface area (Å²) in [5.74, 6) is -0.137. The number of nitrogens with one attached hydrogen (secondary N) is 2. The van der Waals surface area contributed by atoms with E-state index in [1.54, 1.807) is 12.4 Å². The SMILES string of the molecule is O=C(NC(c1ccccc1)c1ccncc1)c1cc2ccccc2[nH]1. The van der Waals surface area contributed by atoms with E-state index in [0.29, 0.717) is 5.69 Å². The summed E-state index contributed by atoms with van der Waals surface area (Å²) in [4.78, 5) is 20.1. The number of nitrogens with zero attached hydrogens (tertiary/aromatic N) is 1. The lowest BCUT2D eigenvalue weighted by atomic mass is 9.99. The number of aromatic nitrogens is 2. The summed E-state index contributed by atoms with van der Waals surface area (Å²) >= 11 is 0. The maximum atomic E-state index is 12.8. The summed E-state index contributed by atoms with van der Waals surface area (Å²) in [6.45, 7) is 0. The van der Waals surface area contributed by atoms with Crippen molar-refractivity contribution >= 4 is 16.8 Å². The van der Waals surface area contributed by atoms with Gasteiger partial charge in [0.1, 0.15) is 5.69 Å². The minimum atomic E-state index is -0.233. The number of carbonyl (C=O) groups excluding carboxylic acids is 1. The second-order valence-electron chi connectivity index (χ2n) is 5.87. The Hall–Kier alpha value is -3.40. The highest BCUT2D eigenvalue weighted by Gasteiger charge is 2.18. The number of para-hydroxylation sites is 1. The number of carbonyl (C=O) groups is 1. The van der Waals surface area contributed by atoms with Crippen molar-refractivity contribution in [1.82, 2.24) is 15.3 Å². The largest absolute Gasteiger partial charge is 0.351 e. The molecule has 25 heavy (non-hydrogen) atoms. The van der Waals surface area contributed by atoms with Gasteiger partial charge in [0.25, 0.3) is 5.91 Å². The summed E-state index contributed by atoms with van der Waals surface area (Å²) in [6, 6.07) is 23.3. The van der Waals surface area contributed by atoms with Gasteiger partial charge in [-0.05, 0) is 35.4 Å². The fourth-order valence-corrected chi connectivity index (χ4v) is 2.97. The van der Waals surface area contributed by atoms with Crippen molar-refractivity contribution in [3.63, 3.8) is 0 Å². The van der Waals surface area contributed by atoms with Crippen molar-refractivity contribution in [3.05, 3.63) is 102 Å². The number of H-pyrrole nitrogens is 1. The molecule has 0 saturated heterocycles. The molecule has 4 rings (SSSR count). The van der Waals surface area contributed by atoms with Crippen molar-refractivity contribution in [2.75, 3.05) is 0 Å². The number of benzene rings is 2. The van der Waals surface area contributed by atoms with Gasteiger partial charge < -0.3 is 10.3 Å². The molecule has 2 N–H and O–H groups in total. The first-order valence-electron chi connectivity index (χ1n) is 8.15. The maximum absolute atomic E-state index is 12.8. The second kappa shape index (κ2) is 6.61. The molecule has 4 aromatic rings. The van der Waals surface area contributed by atoms with E-state index >= 15 is 0 Å². The highest BCUT2D eigenvalue weighted by molar-refractivity contribution is 5.98. The number of rotatable bonds is 4. The average molecular weight is 327 g/mol. The van der Waals surface area contributed by atoms with E-state index in [2.05, 4.69) is 15.3 Å². The van der Waals surface area contributed by atoms with Gasteiger partial charge in [-0.25, -0.2) is 0 Å². The Morgan fingerprint density at radius 3 is 2.32 bits per heavy atom. The number of hydrogen-bond donors (Lipinski definition) is 2. The van der Waals surface area contributed by atoms with Gasteiger partial charge in [-0.1, -0.05) is 48.5 Å². The molecule has 1 atom stereocenters. The molecular formula is C21H17N3O. The van der Waals surface area contributed by atoms with Gasteiger partial charge in [0.05, 0.1) is 6.04 Å². The number of aromatic amines is 1. The van der Waals surface area contributed by atoms with Crippen LogP contribution in [0.5, 0.6) is 0 Å². The fraction of sp³-hybridized carbons (Fsp3) is 0.0476. The minimum Gasteiger partial charge on any atom is -0.351 e. The van der Waals surface area contributed by atoms with Gasteiger partial charge in [0, 0.05) is 23.3 Å². The first kappa shape index (κ1) is 15.1. The zero-order valence-electron chi connectivity index (χ0n) is 13.5. The molecule has 4 nitrogen and oxygen atoms in total. The molecule has 0 saturated carbocycles. The zero-order valence-corrected chi connectivity index (χ0v) is 13.5. The van der Waals surface area contributed by atoms with E-state index in [1.807, 2.05) is 72.8 Å². The van der Waals surface area contributed by atoms with Crippen LogP contribution in [0.3, 0.4) is 0 Å². The maximum Gasteiger partial charge on any atom is 0.268 e. The van der Waals surface area contributed by atoms with Crippen LogP contribution in [0.4, 0.5) is 0 Å². The van der Waals surface area contributed by atoms with Crippen LogP contribution in [0.1, 0.15) is 27.7 Å². The highest BCUT2D eigenvalue weighted by Crippen LogP contribution is 2.22. The Balaban J connectivity index is 1.67. The van der Waals surface area contributed by atoms with Crippen LogP contribution >= 0.6 is 0 Å². The number of hydrogen-bond acceptors (Lipinski definition) is 2. The molecule has 0 spiro atoms. The van der Waals surface area contributed by atoms with E-state index in [9.17, 15) is 4.79 Å². The van der Waals surface area contributed by atoms with Gasteiger partial charge >= 0.3 is 0 Å². The monoisotopic (exact) mass is 327 g/mol. The Labute approximate surface area is 145 Å². The third-order valence-corrected chi connectivity index (χ3v) is 4.22. The molecule has 0 aliphatic rings. The number of amides is 1. The Morgan fingerprint density at radius 2 is 1.56 bits per heavy atom. The normalized spacial score (nSPS) is 12.0. The van der Waals surface area contributed by atoms with Gasteiger partial charge in [-0.3, -0.25) is 9.78 Å². The first-order valence-corrected chi connectivity index (χ1v) is 8.15. The van der Waals surface area contributed by atoms with Crippen LogP contribution in [-0.2, 0) is 0 Å². The lowest BCUT2D eigenvalue weighted by molar-refractivity contribution is 0.0939. The summed E-state index contributed by atoms with van der Waals surface area (Å²) in [6.07, 6.45) is 3.47. The molecule has 0 aliphatic carbocycles. The zero-order chi connectivity index (χ0) is 17.1. The molecule has 1 amide bonds. The summed E-state index contributed by atoms with van der Waals surface area (Å²) in [5.41, 5.74) is 3.52. The van der Waals surface area contributed by atoms with Gasteiger partial charge in [-0.15, -0.1) is 0 Å². The van der Waals surface area contributed by atoms with Crippen LogP contribution in [0.15, 0.2) is 85.2 Å². The quantitative estimate of drug-likeness (QED) is 0.593. The van der Waals surface area contributed by atoms with E-state index < -0.39 is 0 Å². The van der Waals surface area contributed by atoms with Crippen molar-refractivity contribution < 1.29 is 4.79 Å². The van der Waals surface area contributed by atoms with Gasteiger partial charge in [0.2, 0.25) is 0 Å². The first-order chi connectivity index (χ1) is 12.3. The number of fused-ring (bicyclic) bond motifs is 1. The molecule has 0 fully saturated rings. The van der Waals surface area contributed by atoms with Crippen LogP contribution in [-0.4, -0.2) is 15.9 Å². The van der Waals surface area contributed by atoms with Crippen molar-refractivity contribution in [2.24, 2.45) is 0 Å².